The fourth-order valence-corrected chi connectivity index (χ4v) is 1.30. The van der Waals surface area contributed by atoms with Crippen molar-refractivity contribution >= 4 is 23.8 Å². The molecular weight excluding hydrogens is 258 g/mol. The molecule has 7 N–H and O–H groups in total. The van der Waals surface area contributed by atoms with Gasteiger partial charge in [0.05, 0.1) is 12.5 Å². The summed E-state index contributed by atoms with van der Waals surface area (Å²) in [4.78, 5) is 43.2. The number of nitrogens with two attached hydrogens (primary N) is 2. The summed E-state index contributed by atoms with van der Waals surface area (Å²) in [6.07, 6.45) is -0.547. The first-order chi connectivity index (χ1) is 8.73. The third-order valence-electron chi connectivity index (χ3n) is 2.26. The number of hydrogen-bond acceptors (Lipinski definition) is 5. The van der Waals surface area contributed by atoms with E-state index >= 15 is 0 Å². The summed E-state index contributed by atoms with van der Waals surface area (Å²) in [7, 11) is 0. The Kier molecular flexibility index (Phi) is 7.12. The third-order valence-corrected chi connectivity index (χ3v) is 2.26. The normalized spacial score (nSPS) is 13.3. The van der Waals surface area contributed by atoms with Crippen LogP contribution in [0.2, 0.25) is 0 Å². The molecule has 0 spiro atoms. The van der Waals surface area contributed by atoms with Crippen LogP contribution in [-0.2, 0) is 19.2 Å². The molecule has 2 atom stereocenters. The molecule has 0 aliphatic heterocycles. The van der Waals surface area contributed by atoms with Crippen LogP contribution in [0.15, 0.2) is 0 Å². The Morgan fingerprint density at radius 1 is 1.16 bits per heavy atom. The molecule has 1 unspecified atom stereocenters. The van der Waals surface area contributed by atoms with Crippen LogP contribution in [-0.4, -0.2) is 46.0 Å². The van der Waals surface area contributed by atoms with Gasteiger partial charge < -0.3 is 27.0 Å². The van der Waals surface area contributed by atoms with E-state index in [-0.39, 0.29) is 19.3 Å². The maximum absolute atomic E-state index is 11.5. The fraction of sp³-hybridized carbons (Fsp3) is 0.600. The zero-order chi connectivity index (χ0) is 15.0. The number of carbonyl (C=O) groups excluding carboxylic acids is 2. The van der Waals surface area contributed by atoms with E-state index in [0.717, 1.165) is 0 Å². The lowest BCUT2D eigenvalue weighted by molar-refractivity contribution is -0.143. The Bertz CT molecular complexity index is 370. The summed E-state index contributed by atoms with van der Waals surface area (Å²) in [5, 5.41) is 19.4. The maximum atomic E-state index is 11.5. The summed E-state index contributed by atoms with van der Waals surface area (Å²) in [5.41, 5.74) is 10.2. The molecule has 0 bridgehead atoms. The van der Waals surface area contributed by atoms with E-state index in [1.165, 1.54) is 0 Å². The molecule has 2 amide bonds. The SMILES string of the molecule is NC(=O)CC(N)C(=O)N[C@H](CCCC(=O)O)C(=O)O. The molecule has 108 valence electrons. The number of carbonyl (C=O) groups is 4. The number of carboxylic acid groups (broad SMARTS) is 2. The molecule has 0 aliphatic carbocycles. The van der Waals surface area contributed by atoms with Crippen LogP contribution >= 0.6 is 0 Å². The highest BCUT2D eigenvalue weighted by atomic mass is 16.4. The maximum Gasteiger partial charge on any atom is 0.326 e. The van der Waals surface area contributed by atoms with Gasteiger partial charge in [0, 0.05) is 6.42 Å². The van der Waals surface area contributed by atoms with Gasteiger partial charge in [0.2, 0.25) is 11.8 Å². The van der Waals surface area contributed by atoms with Gasteiger partial charge in [-0.3, -0.25) is 14.4 Å². The van der Waals surface area contributed by atoms with Crippen LogP contribution in [0.1, 0.15) is 25.7 Å². The van der Waals surface area contributed by atoms with Crippen LogP contribution in [0, 0.1) is 0 Å². The first-order valence-electron chi connectivity index (χ1n) is 5.53. The van der Waals surface area contributed by atoms with Crippen molar-refractivity contribution in [1.82, 2.24) is 5.32 Å². The average molecular weight is 275 g/mol. The van der Waals surface area contributed by atoms with Crippen LogP contribution in [0.25, 0.3) is 0 Å². The Balaban J connectivity index is 4.33. The molecule has 19 heavy (non-hydrogen) atoms. The largest absolute Gasteiger partial charge is 0.481 e. The number of aliphatic carboxylic acids is 2. The molecule has 0 radical (unpaired) electrons. The zero-order valence-corrected chi connectivity index (χ0v) is 10.2. The minimum atomic E-state index is -1.30. The number of rotatable bonds is 9. The zero-order valence-electron chi connectivity index (χ0n) is 10.2. The van der Waals surface area contributed by atoms with Crippen LogP contribution in [0.5, 0.6) is 0 Å². The Hall–Kier alpha value is -2.16. The predicted molar refractivity (Wildman–Crippen MR) is 62.8 cm³/mol. The topological polar surface area (TPSA) is 173 Å². The summed E-state index contributed by atoms with van der Waals surface area (Å²) < 4.78 is 0. The van der Waals surface area contributed by atoms with E-state index in [4.69, 9.17) is 21.7 Å². The van der Waals surface area contributed by atoms with Crippen molar-refractivity contribution in [2.24, 2.45) is 11.5 Å². The van der Waals surface area contributed by atoms with Gasteiger partial charge in [-0.05, 0) is 12.8 Å². The third kappa shape index (κ3) is 7.71. The van der Waals surface area contributed by atoms with Gasteiger partial charge in [-0.15, -0.1) is 0 Å². The van der Waals surface area contributed by atoms with Crippen molar-refractivity contribution in [2.45, 2.75) is 37.8 Å². The molecule has 0 saturated heterocycles. The second kappa shape index (κ2) is 8.03. The van der Waals surface area contributed by atoms with Crippen molar-refractivity contribution in [3.63, 3.8) is 0 Å². The molecule has 9 heteroatoms. The lowest BCUT2D eigenvalue weighted by atomic mass is 10.1. The van der Waals surface area contributed by atoms with Gasteiger partial charge in [-0.25, -0.2) is 4.79 Å². The van der Waals surface area contributed by atoms with Crippen molar-refractivity contribution in [3.8, 4) is 0 Å². The molecule has 0 saturated carbocycles. The number of primary amides is 1. The quantitative estimate of drug-likeness (QED) is 0.324. The van der Waals surface area contributed by atoms with Crippen LogP contribution in [0.3, 0.4) is 0 Å². The first-order valence-corrected chi connectivity index (χ1v) is 5.53. The van der Waals surface area contributed by atoms with Crippen LogP contribution < -0.4 is 16.8 Å². The summed E-state index contributed by atoms with van der Waals surface area (Å²) in [5.74, 6) is -3.95. The molecular formula is C10H17N3O6. The molecule has 0 fully saturated rings. The van der Waals surface area contributed by atoms with Gasteiger partial charge in [0.15, 0.2) is 0 Å². The first kappa shape index (κ1) is 16.8. The lowest BCUT2D eigenvalue weighted by Gasteiger charge is -2.16. The lowest BCUT2D eigenvalue weighted by Crippen LogP contribution is -2.49. The van der Waals surface area contributed by atoms with Gasteiger partial charge in [-0.1, -0.05) is 0 Å². The van der Waals surface area contributed by atoms with E-state index in [2.05, 4.69) is 5.32 Å². The van der Waals surface area contributed by atoms with Crippen molar-refractivity contribution in [3.05, 3.63) is 0 Å². The number of nitrogens with one attached hydrogen (secondary N) is 1. The van der Waals surface area contributed by atoms with Crippen molar-refractivity contribution in [2.75, 3.05) is 0 Å². The van der Waals surface area contributed by atoms with Crippen molar-refractivity contribution < 1.29 is 29.4 Å². The number of hydrogen-bond donors (Lipinski definition) is 5. The Labute approximate surface area is 108 Å². The second-order valence-corrected chi connectivity index (χ2v) is 3.96. The molecule has 0 aromatic heterocycles. The van der Waals surface area contributed by atoms with E-state index in [1.807, 2.05) is 0 Å². The molecule has 9 nitrogen and oxygen atoms in total. The van der Waals surface area contributed by atoms with E-state index in [1.54, 1.807) is 0 Å². The highest BCUT2D eigenvalue weighted by Crippen LogP contribution is 2.02. The fourth-order valence-electron chi connectivity index (χ4n) is 1.30. The monoisotopic (exact) mass is 275 g/mol. The van der Waals surface area contributed by atoms with Gasteiger partial charge in [0.25, 0.3) is 0 Å². The molecule has 0 rings (SSSR count). The summed E-state index contributed by atoms with van der Waals surface area (Å²) in [6, 6.07) is -2.47. The molecule has 0 aliphatic rings. The average Bonchev–Trinajstić information content (AvgIpc) is 2.25. The number of carboxylic acids is 2. The molecule has 0 aromatic rings. The smallest absolute Gasteiger partial charge is 0.326 e. The predicted octanol–water partition coefficient (Wildman–Crippen LogP) is -1.99. The Morgan fingerprint density at radius 2 is 1.74 bits per heavy atom. The Morgan fingerprint density at radius 3 is 2.16 bits per heavy atom. The minimum absolute atomic E-state index is 0.0450. The van der Waals surface area contributed by atoms with Gasteiger partial charge in [0.1, 0.15) is 6.04 Å². The molecule has 0 heterocycles. The summed E-state index contributed by atoms with van der Waals surface area (Å²) in [6.45, 7) is 0. The summed E-state index contributed by atoms with van der Waals surface area (Å²) >= 11 is 0. The number of amides is 2. The second-order valence-electron chi connectivity index (χ2n) is 3.96. The minimum Gasteiger partial charge on any atom is -0.481 e. The standard InChI is InChI=1S/C10H17N3O6/c11-5(4-7(12)14)9(17)13-6(10(18)19)2-1-3-8(15)16/h5-6H,1-4,11H2,(H2,12,14)(H,13,17)(H,15,16)(H,18,19)/t5?,6-/m1/s1. The van der Waals surface area contributed by atoms with Crippen LogP contribution in [0.4, 0.5) is 0 Å². The van der Waals surface area contributed by atoms with Gasteiger partial charge in [-0.2, -0.15) is 0 Å². The van der Waals surface area contributed by atoms with Gasteiger partial charge >= 0.3 is 11.9 Å². The highest BCUT2D eigenvalue weighted by molar-refractivity contribution is 5.90. The molecule has 0 aromatic carbocycles. The highest BCUT2D eigenvalue weighted by Gasteiger charge is 2.24. The van der Waals surface area contributed by atoms with E-state index < -0.39 is 42.3 Å². The van der Waals surface area contributed by atoms with Crippen molar-refractivity contribution in [1.29, 1.82) is 0 Å². The van der Waals surface area contributed by atoms with E-state index in [9.17, 15) is 19.2 Å². The van der Waals surface area contributed by atoms with E-state index in [0.29, 0.717) is 0 Å².